The highest BCUT2D eigenvalue weighted by atomic mass is 35.5. The van der Waals surface area contributed by atoms with Crippen LogP contribution in [0, 0.1) is 6.92 Å². The van der Waals surface area contributed by atoms with Crippen molar-refractivity contribution < 1.29 is 0 Å². The summed E-state index contributed by atoms with van der Waals surface area (Å²) in [6.45, 7) is 6.87. The molecule has 2 aromatic rings. The van der Waals surface area contributed by atoms with E-state index in [2.05, 4.69) is 27.0 Å². The lowest BCUT2D eigenvalue weighted by Crippen LogP contribution is -2.30. The molecule has 0 saturated heterocycles. The predicted octanol–water partition coefficient (Wildman–Crippen LogP) is 2.42. The third kappa shape index (κ3) is 3.42. The van der Waals surface area contributed by atoms with Crippen LogP contribution in [0.25, 0.3) is 0 Å². The zero-order valence-corrected chi connectivity index (χ0v) is 14.1. The van der Waals surface area contributed by atoms with Crippen molar-refractivity contribution in [3.8, 4) is 0 Å². The van der Waals surface area contributed by atoms with Crippen LogP contribution in [-0.4, -0.2) is 19.4 Å². The molecule has 21 heavy (non-hydrogen) atoms. The summed E-state index contributed by atoms with van der Waals surface area (Å²) in [5.74, 6) is 5.75. The maximum atomic E-state index is 6.38. The van der Waals surface area contributed by atoms with Crippen molar-refractivity contribution in [2.45, 2.75) is 52.6 Å². The summed E-state index contributed by atoms with van der Waals surface area (Å²) in [7, 11) is 0. The highest BCUT2D eigenvalue weighted by molar-refractivity contribution is 7.05. The number of hydrogen-bond donors (Lipinski definition) is 2. The van der Waals surface area contributed by atoms with E-state index in [1.54, 1.807) is 0 Å². The number of aryl methyl sites for hydroxylation is 3. The first kappa shape index (κ1) is 16.4. The summed E-state index contributed by atoms with van der Waals surface area (Å²) in [4.78, 5) is 1.08. The van der Waals surface area contributed by atoms with Crippen molar-refractivity contribution in [2.24, 2.45) is 5.84 Å². The van der Waals surface area contributed by atoms with E-state index in [1.807, 2.05) is 18.5 Å². The number of rotatable bonds is 7. The van der Waals surface area contributed by atoms with Crippen molar-refractivity contribution in [3.05, 3.63) is 27.0 Å². The third-order valence-corrected chi connectivity index (χ3v) is 4.81. The quantitative estimate of drug-likeness (QED) is 0.602. The Hall–Kier alpha value is -1.02. The van der Waals surface area contributed by atoms with Gasteiger partial charge in [0.1, 0.15) is 0 Å². The molecule has 0 spiro atoms. The van der Waals surface area contributed by atoms with Crippen LogP contribution in [0.2, 0.25) is 5.02 Å². The Morgan fingerprint density at radius 3 is 2.81 bits per heavy atom. The highest BCUT2D eigenvalue weighted by Gasteiger charge is 2.22. The zero-order chi connectivity index (χ0) is 15.4. The minimum absolute atomic E-state index is 0.0505. The van der Waals surface area contributed by atoms with E-state index in [0.717, 1.165) is 41.3 Å². The molecule has 0 amide bonds. The average molecular weight is 329 g/mol. The molecular weight excluding hydrogens is 308 g/mol. The molecule has 116 valence electrons. The van der Waals surface area contributed by atoms with E-state index < -0.39 is 0 Å². The van der Waals surface area contributed by atoms with E-state index >= 15 is 0 Å². The van der Waals surface area contributed by atoms with Crippen LogP contribution in [0.15, 0.2) is 0 Å². The monoisotopic (exact) mass is 328 g/mol. The first-order valence-corrected chi connectivity index (χ1v) is 8.26. The van der Waals surface area contributed by atoms with Gasteiger partial charge in [0.2, 0.25) is 0 Å². The normalized spacial score (nSPS) is 12.8. The van der Waals surface area contributed by atoms with Crippen LogP contribution in [0.5, 0.6) is 0 Å². The summed E-state index contributed by atoms with van der Waals surface area (Å²) >= 11 is 7.77. The summed E-state index contributed by atoms with van der Waals surface area (Å²) < 4.78 is 5.99. The molecule has 0 fully saturated rings. The molecule has 6 nitrogen and oxygen atoms in total. The fourth-order valence-corrected chi connectivity index (χ4v) is 3.34. The Morgan fingerprint density at radius 1 is 1.43 bits per heavy atom. The summed E-state index contributed by atoms with van der Waals surface area (Å²) in [5, 5.41) is 9.36. The lowest BCUT2D eigenvalue weighted by molar-refractivity contribution is 0.519. The first-order valence-electron chi connectivity index (χ1n) is 7.11. The van der Waals surface area contributed by atoms with Gasteiger partial charge in [0.25, 0.3) is 0 Å². The van der Waals surface area contributed by atoms with Crippen LogP contribution < -0.4 is 11.3 Å². The van der Waals surface area contributed by atoms with Crippen LogP contribution in [0.3, 0.4) is 0 Å². The molecule has 0 aliphatic rings. The summed E-state index contributed by atoms with van der Waals surface area (Å²) in [6.07, 6.45) is 2.61. The van der Waals surface area contributed by atoms with Gasteiger partial charge in [-0.25, -0.2) is 0 Å². The molecule has 0 aromatic carbocycles. The standard InChI is InChI=1S/C13H21ClN6S/c1-4-6-9-13(21-19-17-9)10(16-15)7-11-12(14)8(3)18-20(11)5-2/h10,16H,4-7,15H2,1-3H3. The number of nitrogens with two attached hydrogens (primary N) is 1. The second-order valence-electron chi connectivity index (χ2n) is 4.92. The molecule has 2 heterocycles. The fourth-order valence-electron chi connectivity index (χ4n) is 2.38. The van der Waals surface area contributed by atoms with Gasteiger partial charge in [-0.05, 0) is 31.8 Å². The Balaban J connectivity index is 2.29. The first-order chi connectivity index (χ1) is 10.1. The van der Waals surface area contributed by atoms with Gasteiger partial charge in [0, 0.05) is 13.0 Å². The molecule has 1 unspecified atom stereocenters. The number of halogens is 1. The van der Waals surface area contributed by atoms with Crippen molar-refractivity contribution >= 4 is 23.1 Å². The molecule has 0 aliphatic carbocycles. The minimum atomic E-state index is -0.0505. The van der Waals surface area contributed by atoms with E-state index in [0.29, 0.717) is 11.4 Å². The van der Waals surface area contributed by atoms with Crippen molar-refractivity contribution in [1.29, 1.82) is 0 Å². The number of nitrogens with zero attached hydrogens (tertiary/aromatic N) is 4. The van der Waals surface area contributed by atoms with E-state index in [9.17, 15) is 0 Å². The van der Waals surface area contributed by atoms with Gasteiger partial charge in [-0.1, -0.05) is 29.4 Å². The predicted molar refractivity (Wildman–Crippen MR) is 85.3 cm³/mol. The smallest absolute Gasteiger partial charge is 0.0847 e. The Labute approximate surface area is 133 Å². The second kappa shape index (κ2) is 7.31. The van der Waals surface area contributed by atoms with Gasteiger partial charge in [-0.3, -0.25) is 16.0 Å². The minimum Gasteiger partial charge on any atom is -0.271 e. The Bertz CT molecular complexity index is 593. The maximum Gasteiger partial charge on any atom is 0.0847 e. The van der Waals surface area contributed by atoms with Crippen molar-refractivity contribution in [2.75, 3.05) is 0 Å². The van der Waals surface area contributed by atoms with Crippen LogP contribution >= 0.6 is 23.1 Å². The molecule has 2 aromatic heterocycles. The molecule has 0 saturated carbocycles. The Morgan fingerprint density at radius 2 is 2.19 bits per heavy atom. The number of hydrazine groups is 1. The lowest BCUT2D eigenvalue weighted by atomic mass is 10.1. The number of aromatic nitrogens is 4. The van der Waals surface area contributed by atoms with Gasteiger partial charge in [-0.15, -0.1) is 5.10 Å². The van der Waals surface area contributed by atoms with Gasteiger partial charge in [0.15, 0.2) is 0 Å². The molecule has 3 N–H and O–H groups in total. The van der Waals surface area contributed by atoms with Crippen LogP contribution in [0.1, 0.15) is 48.3 Å². The van der Waals surface area contributed by atoms with Gasteiger partial charge >= 0.3 is 0 Å². The third-order valence-electron chi connectivity index (χ3n) is 3.44. The van der Waals surface area contributed by atoms with Crippen LogP contribution in [0.4, 0.5) is 0 Å². The van der Waals surface area contributed by atoms with E-state index in [1.165, 1.54) is 11.5 Å². The number of hydrogen-bond acceptors (Lipinski definition) is 6. The fraction of sp³-hybridized carbons (Fsp3) is 0.615. The van der Waals surface area contributed by atoms with Gasteiger partial charge < -0.3 is 0 Å². The molecule has 0 radical (unpaired) electrons. The molecular formula is C13H21ClN6S. The molecule has 1 atom stereocenters. The van der Waals surface area contributed by atoms with E-state index in [-0.39, 0.29) is 6.04 Å². The van der Waals surface area contributed by atoms with Crippen molar-refractivity contribution in [1.82, 2.24) is 24.8 Å². The molecule has 2 rings (SSSR count). The zero-order valence-electron chi connectivity index (χ0n) is 12.6. The largest absolute Gasteiger partial charge is 0.271 e. The highest BCUT2D eigenvalue weighted by Crippen LogP contribution is 2.28. The summed E-state index contributed by atoms with van der Waals surface area (Å²) in [6, 6.07) is -0.0505. The summed E-state index contributed by atoms with van der Waals surface area (Å²) in [5.41, 5.74) is 5.73. The topological polar surface area (TPSA) is 81.7 Å². The SMILES string of the molecule is CCCc1nnsc1C(Cc1c(Cl)c(C)nn1CC)NN. The maximum absolute atomic E-state index is 6.38. The average Bonchev–Trinajstić information content (AvgIpc) is 3.04. The molecule has 0 aliphatic heterocycles. The van der Waals surface area contributed by atoms with E-state index in [4.69, 9.17) is 17.4 Å². The second-order valence-corrected chi connectivity index (χ2v) is 6.08. The van der Waals surface area contributed by atoms with Gasteiger partial charge in [-0.2, -0.15) is 5.10 Å². The number of nitrogens with one attached hydrogen (secondary N) is 1. The van der Waals surface area contributed by atoms with Crippen molar-refractivity contribution in [3.63, 3.8) is 0 Å². The molecule has 0 bridgehead atoms. The lowest BCUT2D eigenvalue weighted by Gasteiger charge is -2.16. The van der Waals surface area contributed by atoms with Crippen LogP contribution in [-0.2, 0) is 19.4 Å². The van der Waals surface area contributed by atoms with Gasteiger partial charge in [0.05, 0.1) is 33.0 Å². The molecule has 8 heteroatoms. The Kier molecular flexibility index (Phi) is 5.69.